The average Bonchev–Trinajstić information content (AvgIpc) is 3.34. The van der Waals surface area contributed by atoms with Gasteiger partial charge in [-0.2, -0.15) is 0 Å². The number of nitrogens with zero attached hydrogens (tertiary/aromatic N) is 2. The van der Waals surface area contributed by atoms with Crippen molar-refractivity contribution in [3.63, 3.8) is 0 Å². The number of amides is 3. The summed E-state index contributed by atoms with van der Waals surface area (Å²) in [5, 5.41) is 12.6. The summed E-state index contributed by atoms with van der Waals surface area (Å²) in [5.41, 5.74) is -1.30. The number of likely N-dealkylation sites (tertiary alicyclic amines) is 1. The summed E-state index contributed by atoms with van der Waals surface area (Å²) in [6, 6.07) is 8.16. The van der Waals surface area contributed by atoms with Crippen molar-refractivity contribution in [1.82, 2.24) is 15.1 Å². The molecule has 10 nitrogen and oxygen atoms in total. The van der Waals surface area contributed by atoms with Crippen LogP contribution in [0.2, 0.25) is 0 Å². The molecule has 2 saturated heterocycles. The lowest BCUT2D eigenvalue weighted by atomic mass is 9.77. The van der Waals surface area contributed by atoms with Gasteiger partial charge in [0.25, 0.3) is 0 Å². The second kappa shape index (κ2) is 12.7. The number of ether oxygens (including phenoxy) is 2. The van der Waals surface area contributed by atoms with Crippen molar-refractivity contribution in [1.29, 1.82) is 0 Å². The highest BCUT2D eigenvalue weighted by molar-refractivity contribution is 5.99. The predicted octanol–water partition coefficient (Wildman–Crippen LogP) is 3.31. The Morgan fingerprint density at radius 3 is 2.44 bits per heavy atom. The van der Waals surface area contributed by atoms with Crippen LogP contribution in [0, 0.1) is 17.3 Å². The molecule has 0 bridgehead atoms. The second-order valence-corrected chi connectivity index (χ2v) is 14.5. The largest absolute Gasteiger partial charge is 0.455 e. The number of carbonyl (C=O) groups excluding carboxylic acids is 4. The van der Waals surface area contributed by atoms with Crippen LogP contribution in [0.25, 0.3) is 0 Å². The Balaban J connectivity index is 1.58. The van der Waals surface area contributed by atoms with Crippen molar-refractivity contribution in [3.05, 3.63) is 60.2 Å². The molecule has 6 atom stereocenters. The van der Waals surface area contributed by atoms with E-state index in [9.17, 15) is 24.3 Å². The van der Waals surface area contributed by atoms with Crippen LogP contribution in [0.5, 0.6) is 0 Å². The summed E-state index contributed by atoms with van der Waals surface area (Å²) in [6.45, 7) is 10.9. The summed E-state index contributed by atoms with van der Waals surface area (Å²) in [4.78, 5) is 59.2. The number of cyclic esters (lactones) is 1. The molecule has 1 aromatic rings. The zero-order chi connectivity index (χ0) is 32.6. The molecule has 0 unspecified atom stereocenters. The van der Waals surface area contributed by atoms with Crippen molar-refractivity contribution in [2.45, 2.75) is 89.7 Å². The number of fused-ring (bicyclic) bond motifs is 2. The van der Waals surface area contributed by atoms with Crippen LogP contribution in [0.3, 0.4) is 0 Å². The van der Waals surface area contributed by atoms with Gasteiger partial charge in [-0.25, -0.2) is 0 Å². The zero-order valence-electron chi connectivity index (χ0n) is 27.0. The molecular weight excluding hydrogens is 574 g/mol. The van der Waals surface area contributed by atoms with E-state index < -0.39 is 47.2 Å². The Bertz CT molecular complexity index is 1350. The normalized spacial score (nSPS) is 31.6. The molecule has 1 spiro atoms. The monoisotopic (exact) mass is 621 g/mol. The number of hydrogen-bond acceptors (Lipinski definition) is 7. The Kier molecular flexibility index (Phi) is 9.29. The number of aliphatic hydroxyl groups is 1. The maximum atomic E-state index is 14.7. The van der Waals surface area contributed by atoms with Gasteiger partial charge in [0.05, 0.1) is 18.6 Å². The molecule has 4 heterocycles. The highest BCUT2D eigenvalue weighted by atomic mass is 16.6. The molecule has 244 valence electrons. The van der Waals surface area contributed by atoms with Gasteiger partial charge in [0.15, 0.2) is 0 Å². The van der Waals surface area contributed by atoms with Crippen LogP contribution in [-0.4, -0.2) is 88.1 Å². The minimum atomic E-state index is -1.41. The van der Waals surface area contributed by atoms with Gasteiger partial charge in [-0.1, -0.05) is 75.4 Å². The summed E-state index contributed by atoms with van der Waals surface area (Å²) in [7, 11) is 0. The molecule has 45 heavy (non-hydrogen) atoms. The van der Waals surface area contributed by atoms with E-state index in [1.54, 1.807) is 12.2 Å². The third-order valence-corrected chi connectivity index (χ3v) is 9.29. The molecule has 2 fully saturated rings. The Labute approximate surface area is 265 Å². The van der Waals surface area contributed by atoms with E-state index >= 15 is 0 Å². The summed E-state index contributed by atoms with van der Waals surface area (Å²) >= 11 is 0. The van der Waals surface area contributed by atoms with Crippen LogP contribution in [0.1, 0.15) is 72.0 Å². The molecule has 1 aromatic carbocycles. The van der Waals surface area contributed by atoms with E-state index in [1.165, 1.54) is 4.90 Å². The summed E-state index contributed by atoms with van der Waals surface area (Å²) in [6.07, 6.45) is 7.27. The fraction of sp³-hybridized carbons (Fsp3) is 0.600. The summed E-state index contributed by atoms with van der Waals surface area (Å²) < 4.78 is 12.9. The third-order valence-electron chi connectivity index (χ3n) is 9.29. The van der Waals surface area contributed by atoms with Gasteiger partial charge >= 0.3 is 5.97 Å². The molecule has 0 radical (unpaired) electrons. The highest BCUT2D eigenvalue weighted by Gasteiger charge is 2.72. The number of hydrogen-bond donors (Lipinski definition) is 2. The first-order chi connectivity index (χ1) is 21.3. The molecule has 0 aliphatic carbocycles. The average molecular weight is 622 g/mol. The van der Waals surface area contributed by atoms with E-state index in [2.05, 4.69) is 26.1 Å². The molecule has 4 aliphatic heterocycles. The molecular formula is C35H47N3O7. The third kappa shape index (κ3) is 6.45. The molecule has 2 N–H and O–H groups in total. The van der Waals surface area contributed by atoms with Gasteiger partial charge in [-0.15, -0.1) is 0 Å². The maximum absolute atomic E-state index is 14.7. The van der Waals surface area contributed by atoms with E-state index in [0.717, 1.165) is 6.42 Å². The molecule has 0 saturated carbocycles. The molecule has 5 rings (SSSR count). The van der Waals surface area contributed by atoms with Crippen LogP contribution >= 0.6 is 0 Å². The van der Waals surface area contributed by atoms with Crippen LogP contribution in [0.15, 0.2) is 54.6 Å². The number of nitrogens with one attached hydrogen (secondary N) is 1. The van der Waals surface area contributed by atoms with Gasteiger partial charge in [0.2, 0.25) is 17.7 Å². The van der Waals surface area contributed by atoms with Crippen LogP contribution in [-0.2, 0) is 28.7 Å². The number of esters is 1. The quantitative estimate of drug-likeness (QED) is 0.369. The van der Waals surface area contributed by atoms with Crippen molar-refractivity contribution >= 4 is 23.7 Å². The highest BCUT2D eigenvalue weighted by Crippen LogP contribution is 2.54. The lowest BCUT2D eigenvalue weighted by Crippen LogP contribution is -2.60. The van der Waals surface area contributed by atoms with Gasteiger partial charge in [-0.05, 0) is 44.1 Å². The van der Waals surface area contributed by atoms with Crippen molar-refractivity contribution in [2.24, 2.45) is 17.3 Å². The van der Waals surface area contributed by atoms with E-state index in [4.69, 9.17) is 9.47 Å². The van der Waals surface area contributed by atoms with Gasteiger partial charge in [0.1, 0.15) is 23.7 Å². The SMILES string of the molecule is CC(C)(C)CC(C)(C)N1CC=C[C@]23O[C@@H]4/C=C\CCC(=O)NC[C@@H](c5ccccc5)OC(=O)[C@@H]4[C@H]2C(=O)N(CCCO)[C@@H]3C1=O. The minimum Gasteiger partial charge on any atom is -0.455 e. The van der Waals surface area contributed by atoms with Crippen LogP contribution in [0.4, 0.5) is 0 Å². The second-order valence-electron chi connectivity index (χ2n) is 14.5. The topological polar surface area (TPSA) is 125 Å². The van der Waals surface area contributed by atoms with Crippen molar-refractivity contribution < 1.29 is 33.8 Å². The maximum Gasteiger partial charge on any atom is 0.313 e. The lowest BCUT2D eigenvalue weighted by molar-refractivity contribution is -0.160. The lowest BCUT2D eigenvalue weighted by Gasteiger charge is -2.44. The van der Waals surface area contributed by atoms with Gasteiger partial charge < -0.3 is 29.7 Å². The Hall–Kier alpha value is -3.50. The number of rotatable bonds is 6. The van der Waals surface area contributed by atoms with E-state index in [0.29, 0.717) is 18.5 Å². The Morgan fingerprint density at radius 1 is 1.02 bits per heavy atom. The fourth-order valence-electron chi connectivity index (χ4n) is 7.83. The molecule has 10 heteroatoms. The molecule has 0 aromatic heterocycles. The summed E-state index contributed by atoms with van der Waals surface area (Å²) in [5.74, 6) is -3.43. The van der Waals surface area contributed by atoms with Gasteiger partial charge in [0, 0.05) is 31.7 Å². The number of benzene rings is 1. The number of aliphatic hydroxyl groups excluding tert-OH is 1. The van der Waals surface area contributed by atoms with Crippen molar-refractivity contribution in [2.75, 3.05) is 26.2 Å². The van der Waals surface area contributed by atoms with Crippen molar-refractivity contribution in [3.8, 4) is 0 Å². The Morgan fingerprint density at radius 2 is 1.76 bits per heavy atom. The first-order valence-corrected chi connectivity index (χ1v) is 16.1. The first kappa shape index (κ1) is 32.9. The standard InChI is InChI=1S/C35H47N3O7/c1-33(2,3)22-34(4,5)38-19-11-17-35-28(30(41)37(18-12-20-39)29(35)31(38)42)27-24(45-35)15-9-10-16-26(40)36-21-25(44-32(27)43)23-13-7-6-8-14-23/h6-9,11,13-15,17,24-25,27-29,39H,10,12,16,18-22H2,1-5H3,(H,36,40)/b15-9-/t24-,25+,27+,28+,29-,35+/m1/s1. The predicted molar refractivity (Wildman–Crippen MR) is 167 cm³/mol. The molecule has 3 amide bonds. The van der Waals surface area contributed by atoms with E-state index in [1.807, 2.05) is 61.2 Å². The number of allylic oxidation sites excluding steroid dienone is 1. The number of carbonyl (C=O) groups is 4. The smallest absolute Gasteiger partial charge is 0.313 e. The first-order valence-electron chi connectivity index (χ1n) is 16.1. The van der Waals surface area contributed by atoms with E-state index in [-0.39, 0.29) is 55.7 Å². The fourth-order valence-corrected chi connectivity index (χ4v) is 7.83. The zero-order valence-corrected chi connectivity index (χ0v) is 27.0. The van der Waals surface area contributed by atoms with Crippen LogP contribution < -0.4 is 5.32 Å². The van der Waals surface area contributed by atoms with Gasteiger partial charge in [-0.3, -0.25) is 19.2 Å². The minimum absolute atomic E-state index is 0.0636. The molecule has 4 aliphatic rings.